The van der Waals surface area contributed by atoms with E-state index in [1.54, 1.807) is 0 Å². The normalized spacial score (nSPS) is 39.4. The predicted octanol–water partition coefficient (Wildman–Crippen LogP) is 3.55. The van der Waals surface area contributed by atoms with Crippen LogP contribution in [0.4, 0.5) is 13.2 Å². The Labute approximate surface area is 135 Å². The zero-order chi connectivity index (χ0) is 17.3. The second kappa shape index (κ2) is 4.91. The Balaban J connectivity index is 1.96. The molecular weight excluding hydrogens is 353 g/mol. The van der Waals surface area contributed by atoms with Gasteiger partial charge in [0.25, 0.3) is 0 Å². The third kappa shape index (κ3) is 2.69. The van der Waals surface area contributed by atoms with Crippen molar-refractivity contribution in [1.82, 2.24) is 0 Å². The summed E-state index contributed by atoms with van der Waals surface area (Å²) in [6, 6.07) is 0. The Morgan fingerprint density at radius 2 is 1.70 bits per heavy atom. The van der Waals surface area contributed by atoms with E-state index >= 15 is 0 Å². The standard InChI is InChI=1S/C14H17F3O4S2/c1-8(11(18)19)12-3-9-2-10(4-12)6-13(5-9,7-12)22-23(20,21)14(15,16)17/h9-10H,1-7H2,(H,18,19). The fourth-order valence-electron chi connectivity index (χ4n) is 5.14. The SMILES string of the molecule is C=C(C(=O)O)C12CC3CC(CC(SS(=O)(=O)C(F)(F)F)(C3)C1)C2. The number of halogens is 3. The molecule has 4 saturated carbocycles. The molecule has 1 N–H and O–H groups in total. The third-order valence-electron chi connectivity index (χ3n) is 5.48. The first-order chi connectivity index (χ1) is 10.4. The summed E-state index contributed by atoms with van der Waals surface area (Å²) in [5.74, 6) is -1.00. The van der Waals surface area contributed by atoms with Gasteiger partial charge in [0.1, 0.15) is 0 Å². The Bertz CT molecular complexity index is 654. The van der Waals surface area contributed by atoms with Crippen molar-refractivity contribution in [2.45, 2.75) is 48.8 Å². The van der Waals surface area contributed by atoms with Crippen molar-refractivity contribution < 1.29 is 31.5 Å². The summed E-state index contributed by atoms with van der Waals surface area (Å²) in [6.45, 7) is 3.64. The Kier molecular flexibility index (Phi) is 3.65. The molecule has 0 aromatic carbocycles. The van der Waals surface area contributed by atoms with Crippen molar-refractivity contribution in [2.75, 3.05) is 0 Å². The van der Waals surface area contributed by atoms with Gasteiger partial charge in [0.05, 0.1) is 0 Å². The monoisotopic (exact) mass is 370 g/mol. The summed E-state index contributed by atoms with van der Waals surface area (Å²) in [6.07, 6.45) is 2.96. The van der Waals surface area contributed by atoms with Gasteiger partial charge in [0, 0.05) is 15.7 Å². The highest BCUT2D eigenvalue weighted by molar-refractivity contribution is 8.72. The first kappa shape index (κ1) is 17.1. The lowest BCUT2D eigenvalue weighted by Crippen LogP contribution is -2.56. The second-order valence-corrected chi connectivity index (χ2v) is 11.4. The van der Waals surface area contributed by atoms with Crippen molar-refractivity contribution in [1.29, 1.82) is 0 Å². The van der Waals surface area contributed by atoms with Gasteiger partial charge >= 0.3 is 20.3 Å². The molecule has 4 rings (SSSR count). The van der Waals surface area contributed by atoms with Crippen molar-refractivity contribution in [3.63, 3.8) is 0 Å². The topological polar surface area (TPSA) is 71.4 Å². The zero-order valence-electron chi connectivity index (χ0n) is 12.2. The minimum absolute atomic E-state index is 0.00723. The smallest absolute Gasteiger partial charge is 0.478 e. The van der Waals surface area contributed by atoms with E-state index in [2.05, 4.69) is 6.58 Å². The highest BCUT2D eigenvalue weighted by Crippen LogP contribution is 2.68. The summed E-state index contributed by atoms with van der Waals surface area (Å²) >= 11 is 0. The number of hydrogen-bond acceptors (Lipinski definition) is 4. The fourth-order valence-corrected chi connectivity index (χ4v) is 8.90. The molecule has 0 amide bonds. The van der Waals surface area contributed by atoms with Gasteiger partial charge in [0.15, 0.2) is 0 Å². The predicted molar refractivity (Wildman–Crippen MR) is 79.2 cm³/mol. The summed E-state index contributed by atoms with van der Waals surface area (Å²) in [5.41, 5.74) is -6.04. The highest BCUT2D eigenvalue weighted by Gasteiger charge is 2.63. The van der Waals surface area contributed by atoms with Crippen LogP contribution in [-0.2, 0) is 13.7 Å². The molecule has 2 atom stereocenters. The van der Waals surface area contributed by atoms with Crippen LogP contribution in [0, 0.1) is 17.3 Å². The van der Waals surface area contributed by atoms with E-state index in [4.69, 9.17) is 0 Å². The number of alkyl halides is 3. The minimum atomic E-state index is -5.29. The van der Waals surface area contributed by atoms with Gasteiger partial charge in [-0.1, -0.05) is 6.58 Å². The van der Waals surface area contributed by atoms with Gasteiger partial charge in [-0.2, -0.15) is 13.2 Å². The zero-order valence-corrected chi connectivity index (χ0v) is 13.9. The molecule has 4 bridgehead atoms. The lowest BCUT2D eigenvalue weighted by molar-refractivity contribution is -0.136. The Morgan fingerprint density at radius 1 is 1.17 bits per heavy atom. The molecule has 0 aromatic heterocycles. The van der Waals surface area contributed by atoms with E-state index in [1.165, 1.54) is 0 Å². The van der Waals surface area contributed by atoms with Crippen LogP contribution in [0.1, 0.15) is 38.5 Å². The summed E-state index contributed by atoms with van der Waals surface area (Å²) in [5, 5.41) is 9.28. The average molecular weight is 370 g/mol. The van der Waals surface area contributed by atoms with Crippen molar-refractivity contribution >= 4 is 25.6 Å². The number of aliphatic carboxylic acids is 1. The van der Waals surface area contributed by atoms with E-state index < -0.39 is 30.5 Å². The van der Waals surface area contributed by atoms with E-state index in [1.807, 2.05) is 0 Å². The first-order valence-electron chi connectivity index (χ1n) is 7.33. The molecule has 2 unspecified atom stereocenters. The van der Waals surface area contributed by atoms with Gasteiger partial charge in [-0.3, -0.25) is 0 Å². The van der Waals surface area contributed by atoms with Crippen molar-refractivity contribution in [2.24, 2.45) is 17.3 Å². The molecule has 23 heavy (non-hydrogen) atoms. The third-order valence-corrected chi connectivity index (χ3v) is 9.38. The summed E-state index contributed by atoms with van der Waals surface area (Å²) < 4.78 is 60.6. The van der Waals surface area contributed by atoms with Crippen LogP contribution in [0.15, 0.2) is 12.2 Å². The number of hydrogen-bond donors (Lipinski definition) is 1. The molecule has 0 aromatic rings. The maximum absolute atomic E-state index is 12.8. The molecule has 4 aliphatic rings. The summed E-state index contributed by atoms with van der Waals surface area (Å²) in [7, 11) is -5.29. The van der Waals surface area contributed by atoms with Crippen LogP contribution >= 0.6 is 10.8 Å². The van der Waals surface area contributed by atoms with Crippen LogP contribution in [0.3, 0.4) is 0 Å². The van der Waals surface area contributed by atoms with Crippen LogP contribution in [-0.4, -0.2) is 29.7 Å². The molecule has 9 heteroatoms. The lowest BCUT2D eigenvalue weighted by atomic mass is 9.47. The van der Waals surface area contributed by atoms with E-state index in [0.717, 1.165) is 6.42 Å². The first-order valence-corrected chi connectivity index (χ1v) is 10.1. The second-order valence-electron chi connectivity index (χ2n) is 7.19. The number of carboxylic acid groups (broad SMARTS) is 1. The van der Waals surface area contributed by atoms with E-state index in [0.29, 0.717) is 25.7 Å². The molecule has 0 spiro atoms. The molecular formula is C14H17F3O4S2. The molecule has 4 aliphatic carbocycles. The average Bonchev–Trinajstić information content (AvgIpc) is 2.33. The quantitative estimate of drug-likeness (QED) is 0.605. The molecule has 0 heterocycles. The van der Waals surface area contributed by atoms with Crippen LogP contribution in [0.2, 0.25) is 0 Å². The van der Waals surface area contributed by atoms with Gasteiger partial charge in [-0.15, -0.1) is 0 Å². The molecule has 4 nitrogen and oxygen atoms in total. The lowest BCUT2D eigenvalue weighted by Gasteiger charge is -2.61. The molecule has 0 radical (unpaired) electrons. The molecule has 130 valence electrons. The van der Waals surface area contributed by atoms with Crippen LogP contribution in [0.5, 0.6) is 0 Å². The highest BCUT2D eigenvalue weighted by atomic mass is 33.1. The van der Waals surface area contributed by atoms with Crippen molar-refractivity contribution in [3.05, 3.63) is 12.2 Å². The van der Waals surface area contributed by atoms with E-state index in [9.17, 15) is 31.5 Å². The van der Waals surface area contributed by atoms with Crippen molar-refractivity contribution in [3.8, 4) is 0 Å². The number of carboxylic acids is 1. The van der Waals surface area contributed by atoms with Gasteiger partial charge in [-0.25, -0.2) is 13.2 Å². The molecule has 4 fully saturated rings. The van der Waals surface area contributed by atoms with E-state index in [-0.39, 0.29) is 34.6 Å². The molecule has 0 saturated heterocycles. The largest absolute Gasteiger partial charge is 0.507 e. The van der Waals surface area contributed by atoms with Crippen LogP contribution < -0.4 is 0 Å². The minimum Gasteiger partial charge on any atom is -0.478 e. The van der Waals surface area contributed by atoms with Crippen LogP contribution in [0.25, 0.3) is 0 Å². The Hall–Kier alpha value is -0.700. The van der Waals surface area contributed by atoms with Gasteiger partial charge in [0.2, 0.25) is 0 Å². The summed E-state index contributed by atoms with van der Waals surface area (Å²) in [4.78, 5) is 11.4. The maximum atomic E-state index is 12.8. The number of carbonyl (C=O) groups is 1. The number of rotatable bonds is 4. The molecule has 0 aliphatic heterocycles. The fraction of sp³-hybridized carbons (Fsp3) is 0.786. The maximum Gasteiger partial charge on any atom is 0.507 e. The van der Waals surface area contributed by atoms with Gasteiger partial charge in [-0.05, 0) is 61.2 Å². The van der Waals surface area contributed by atoms with Gasteiger partial charge < -0.3 is 5.11 Å². The Morgan fingerprint density at radius 3 is 2.13 bits per heavy atom.